The Kier molecular flexibility index (Phi) is 5.90. The zero-order valence-corrected chi connectivity index (χ0v) is 10.8. The predicted octanol–water partition coefficient (Wildman–Crippen LogP) is 2.72. The van der Waals surface area contributed by atoms with Gasteiger partial charge in [0.25, 0.3) is 0 Å². The molecule has 0 N–H and O–H groups in total. The number of ether oxygens (including phenoxy) is 2. The van der Waals surface area contributed by atoms with Crippen LogP contribution in [0.2, 0.25) is 0 Å². The molecule has 1 aromatic carbocycles. The van der Waals surface area contributed by atoms with Gasteiger partial charge in [-0.25, -0.2) is 4.79 Å². The van der Waals surface area contributed by atoms with Crippen LogP contribution in [0.1, 0.15) is 12.5 Å². The molecular weight excluding hydrogens is 242 g/mol. The van der Waals surface area contributed by atoms with Crippen LogP contribution in [0, 0.1) is 11.3 Å². The second kappa shape index (κ2) is 7.72. The first-order chi connectivity index (χ1) is 9.22. The van der Waals surface area contributed by atoms with E-state index in [4.69, 9.17) is 14.7 Å². The van der Waals surface area contributed by atoms with Gasteiger partial charge in [0.15, 0.2) is 0 Å². The number of rotatable bonds is 6. The van der Waals surface area contributed by atoms with Crippen LogP contribution in [0.25, 0.3) is 6.08 Å². The van der Waals surface area contributed by atoms with E-state index in [1.807, 2.05) is 12.1 Å². The number of hydrogen-bond acceptors (Lipinski definition) is 4. The summed E-state index contributed by atoms with van der Waals surface area (Å²) in [6.07, 6.45) is 3.08. The van der Waals surface area contributed by atoms with Gasteiger partial charge in [0, 0.05) is 5.56 Å². The molecule has 0 radical (unpaired) electrons. The number of carbonyl (C=O) groups excluding carboxylic acids is 1. The van der Waals surface area contributed by atoms with Crippen molar-refractivity contribution in [3.8, 4) is 11.8 Å². The zero-order chi connectivity index (χ0) is 14.1. The minimum Gasteiger partial charge on any atom is -0.489 e. The third kappa shape index (κ3) is 4.32. The van der Waals surface area contributed by atoms with Crippen molar-refractivity contribution in [2.24, 2.45) is 0 Å². The Hall–Kier alpha value is -2.54. The van der Waals surface area contributed by atoms with Gasteiger partial charge in [0.2, 0.25) is 0 Å². The van der Waals surface area contributed by atoms with E-state index < -0.39 is 5.97 Å². The third-order valence-electron chi connectivity index (χ3n) is 2.19. The molecule has 19 heavy (non-hydrogen) atoms. The summed E-state index contributed by atoms with van der Waals surface area (Å²) < 4.78 is 10.2. The van der Waals surface area contributed by atoms with Gasteiger partial charge in [-0.1, -0.05) is 30.9 Å². The molecule has 98 valence electrons. The van der Waals surface area contributed by atoms with Gasteiger partial charge >= 0.3 is 5.97 Å². The molecule has 0 heterocycles. The minimum atomic E-state index is -0.636. The Labute approximate surface area is 112 Å². The monoisotopic (exact) mass is 257 g/mol. The van der Waals surface area contributed by atoms with Gasteiger partial charge in [-0.05, 0) is 19.1 Å². The van der Waals surface area contributed by atoms with E-state index in [0.717, 1.165) is 0 Å². The first-order valence-electron chi connectivity index (χ1n) is 5.84. The molecule has 0 fully saturated rings. The molecule has 0 unspecified atom stereocenters. The average Bonchev–Trinajstić information content (AvgIpc) is 2.43. The topological polar surface area (TPSA) is 59.3 Å². The first kappa shape index (κ1) is 14.5. The Morgan fingerprint density at radius 2 is 2.21 bits per heavy atom. The lowest BCUT2D eigenvalue weighted by atomic mass is 10.1. The van der Waals surface area contributed by atoms with Gasteiger partial charge < -0.3 is 9.47 Å². The standard InChI is InChI=1S/C15H15NO3/c1-3-9-19-14-8-6-5-7-12(14)10-13(11-16)15(17)18-4-2/h3,5-8,10H,1,4,9H2,2H3/b13-10-. The van der Waals surface area contributed by atoms with Crippen LogP contribution >= 0.6 is 0 Å². The second-order valence-corrected chi connectivity index (χ2v) is 3.53. The lowest BCUT2D eigenvalue weighted by Gasteiger charge is -2.07. The van der Waals surface area contributed by atoms with Crippen molar-refractivity contribution in [3.05, 3.63) is 48.1 Å². The summed E-state index contributed by atoms with van der Waals surface area (Å²) in [6, 6.07) is 8.96. The zero-order valence-electron chi connectivity index (χ0n) is 10.8. The summed E-state index contributed by atoms with van der Waals surface area (Å²) in [5, 5.41) is 8.98. The first-order valence-corrected chi connectivity index (χ1v) is 5.84. The van der Waals surface area contributed by atoms with E-state index >= 15 is 0 Å². The predicted molar refractivity (Wildman–Crippen MR) is 72.4 cm³/mol. The number of carbonyl (C=O) groups is 1. The highest BCUT2D eigenvalue weighted by molar-refractivity contribution is 5.98. The molecule has 0 aliphatic carbocycles. The molecule has 1 aromatic rings. The number of esters is 1. The van der Waals surface area contributed by atoms with Gasteiger partial charge in [-0.2, -0.15) is 5.26 Å². The molecule has 0 aromatic heterocycles. The SMILES string of the molecule is C=CCOc1ccccc1/C=C(/C#N)C(=O)OCC. The van der Waals surface area contributed by atoms with E-state index in [1.54, 1.807) is 31.2 Å². The van der Waals surface area contributed by atoms with Crippen LogP contribution in [0.15, 0.2) is 42.5 Å². The number of nitriles is 1. The highest BCUT2D eigenvalue weighted by Crippen LogP contribution is 2.21. The summed E-state index contributed by atoms with van der Waals surface area (Å²) in [4.78, 5) is 11.5. The maximum Gasteiger partial charge on any atom is 0.348 e. The summed E-state index contributed by atoms with van der Waals surface area (Å²) in [6.45, 7) is 5.84. The number of hydrogen-bond donors (Lipinski definition) is 0. The summed E-state index contributed by atoms with van der Waals surface area (Å²) in [5.74, 6) is -0.0528. The van der Waals surface area contributed by atoms with Crippen molar-refractivity contribution in [1.29, 1.82) is 5.26 Å². The van der Waals surface area contributed by atoms with Crippen molar-refractivity contribution in [2.75, 3.05) is 13.2 Å². The second-order valence-electron chi connectivity index (χ2n) is 3.53. The van der Waals surface area contributed by atoms with Crippen LogP contribution in [-0.4, -0.2) is 19.2 Å². The van der Waals surface area contributed by atoms with Crippen molar-refractivity contribution >= 4 is 12.0 Å². The van der Waals surface area contributed by atoms with Crippen LogP contribution in [0.5, 0.6) is 5.75 Å². The van der Waals surface area contributed by atoms with E-state index in [0.29, 0.717) is 17.9 Å². The van der Waals surface area contributed by atoms with E-state index in [2.05, 4.69) is 6.58 Å². The maximum atomic E-state index is 11.5. The maximum absolute atomic E-state index is 11.5. The summed E-state index contributed by atoms with van der Waals surface area (Å²) in [5.41, 5.74) is 0.588. The van der Waals surface area contributed by atoms with Crippen molar-refractivity contribution in [1.82, 2.24) is 0 Å². The minimum absolute atomic E-state index is 0.0588. The molecular formula is C15H15NO3. The Balaban J connectivity index is 3.04. The fourth-order valence-corrected chi connectivity index (χ4v) is 1.38. The molecule has 0 amide bonds. The van der Waals surface area contributed by atoms with Crippen LogP contribution in [0.3, 0.4) is 0 Å². The van der Waals surface area contributed by atoms with Crippen molar-refractivity contribution in [2.45, 2.75) is 6.92 Å². The van der Waals surface area contributed by atoms with Crippen LogP contribution < -0.4 is 4.74 Å². The molecule has 0 aliphatic heterocycles. The van der Waals surface area contributed by atoms with Gasteiger partial charge in [-0.15, -0.1) is 0 Å². The molecule has 0 saturated carbocycles. The van der Waals surface area contributed by atoms with Gasteiger partial charge in [0.1, 0.15) is 24.0 Å². The number of benzene rings is 1. The summed E-state index contributed by atoms with van der Waals surface area (Å²) in [7, 11) is 0. The number of para-hydroxylation sites is 1. The Morgan fingerprint density at radius 3 is 2.84 bits per heavy atom. The van der Waals surface area contributed by atoms with Gasteiger partial charge in [-0.3, -0.25) is 0 Å². The smallest absolute Gasteiger partial charge is 0.348 e. The van der Waals surface area contributed by atoms with Crippen molar-refractivity contribution < 1.29 is 14.3 Å². The summed E-state index contributed by atoms with van der Waals surface area (Å²) >= 11 is 0. The molecule has 0 saturated heterocycles. The Bertz CT molecular complexity index is 526. The van der Waals surface area contributed by atoms with E-state index in [-0.39, 0.29) is 12.2 Å². The highest BCUT2D eigenvalue weighted by atomic mass is 16.5. The largest absolute Gasteiger partial charge is 0.489 e. The molecule has 0 aliphatic rings. The quantitative estimate of drug-likeness (QED) is 0.340. The van der Waals surface area contributed by atoms with Crippen molar-refractivity contribution in [3.63, 3.8) is 0 Å². The lowest BCUT2D eigenvalue weighted by Crippen LogP contribution is -2.06. The Morgan fingerprint density at radius 1 is 1.47 bits per heavy atom. The van der Waals surface area contributed by atoms with Crippen LogP contribution in [0.4, 0.5) is 0 Å². The number of nitrogens with zero attached hydrogens (tertiary/aromatic N) is 1. The molecule has 4 nitrogen and oxygen atoms in total. The highest BCUT2D eigenvalue weighted by Gasteiger charge is 2.11. The average molecular weight is 257 g/mol. The fraction of sp³-hybridized carbons (Fsp3) is 0.200. The third-order valence-corrected chi connectivity index (χ3v) is 2.19. The van der Waals surface area contributed by atoms with E-state index in [1.165, 1.54) is 6.08 Å². The van der Waals surface area contributed by atoms with Crippen LogP contribution in [-0.2, 0) is 9.53 Å². The fourth-order valence-electron chi connectivity index (χ4n) is 1.38. The molecule has 1 rings (SSSR count). The van der Waals surface area contributed by atoms with E-state index in [9.17, 15) is 4.79 Å². The normalized spacial score (nSPS) is 10.4. The molecule has 4 heteroatoms. The molecule has 0 bridgehead atoms. The van der Waals surface area contributed by atoms with Gasteiger partial charge in [0.05, 0.1) is 6.61 Å². The molecule has 0 spiro atoms. The molecule has 0 atom stereocenters. The lowest BCUT2D eigenvalue weighted by molar-refractivity contribution is -0.137.